The molecule has 0 amide bonds. The molecule has 0 spiro atoms. The van der Waals surface area contributed by atoms with Gasteiger partial charge in [0.15, 0.2) is 0 Å². The van der Waals surface area contributed by atoms with Gasteiger partial charge in [-0.3, -0.25) is 0 Å². The maximum absolute atomic E-state index is 3.53. The largest absolute Gasteiger partial charge is 0.355 e. The first-order valence-corrected chi connectivity index (χ1v) is 6.75. The molecule has 0 unspecified atom stereocenters. The summed E-state index contributed by atoms with van der Waals surface area (Å²) in [6.07, 6.45) is 15.6. The van der Waals surface area contributed by atoms with Gasteiger partial charge in [0, 0.05) is 22.2 Å². The molecule has 2 bridgehead atoms. The lowest BCUT2D eigenvalue weighted by molar-refractivity contribution is 1.20. The lowest BCUT2D eigenvalue weighted by Gasteiger charge is -2.04. The number of allylic oxidation sites excluding steroid dienone is 6. The van der Waals surface area contributed by atoms with E-state index in [4.69, 9.17) is 0 Å². The molecule has 0 fully saturated rings. The standard InChI is InChI=1S/C18H15N/c1-2-6-13-10-14(7-3-1)12-18-16(11-13)15-8-4-5-9-17(15)19-18/h2-9,11-12,19H,1,10H2/b6-2-,7-3-. The van der Waals surface area contributed by atoms with Gasteiger partial charge in [-0.2, -0.15) is 0 Å². The molecule has 2 aromatic rings. The summed E-state index contributed by atoms with van der Waals surface area (Å²) in [7, 11) is 0. The smallest absolute Gasteiger partial charge is 0.0467 e. The van der Waals surface area contributed by atoms with Crippen molar-refractivity contribution in [3.05, 3.63) is 71.0 Å². The van der Waals surface area contributed by atoms with E-state index < -0.39 is 0 Å². The number of fused-ring (bicyclic) bond motifs is 5. The van der Waals surface area contributed by atoms with Crippen molar-refractivity contribution in [2.24, 2.45) is 0 Å². The van der Waals surface area contributed by atoms with E-state index >= 15 is 0 Å². The average Bonchev–Trinajstić information content (AvgIpc) is 2.62. The average molecular weight is 245 g/mol. The van der Waals surface area contributed by atoms with Crippen molar-refractivity contribution >= 4 is 23.1 Å². The van der Waals surface area contributed by atoms with Crippen LogP contribution >= 0.6 is 0 Å². The summed E-state index contributed by atoms with van der Waals surface area (Å²) < 4.78 is 0. The minimum absolute atomic E-state index is 1.02. The van der Waals surface area contributed by atoms with E-state index in [0.717, 1.165) is 12.8 Å². The highest BCUT2D eigenvalue weighted by atomic mass is 14.7. The Morgan fingerprint density at radius 1 is 0.895 bits per heavy atom. The predicted molar refractivity (Wildman–Crippen MR) is 81.8 cm³/mol. The number of H-pyrrole nitrogens is 1. The lowest BCUT2D eigenvalue weighted by Crippen LogP contribution is -1.84. The SMILES string of the molecule is C1=C2/C=C\C/C=C\C(=Cc3c1[nH]c1ccccc31)C2. The molecule has 1 N–H and O–H groups in total. The van der Waals surface area contributed by atoms with Gasteiger partial charge < -0.3 is 4.98 Å². The molecule has 2 aliphatic rings. The number of rotatable bonds is 0. The van der Waals surface area contributed by atoms with Crippen LogP contribution in [-0.2, 0) is 0 Å². The first-order valence-electron chi connectivity index (χ1n) is 6.75. The first-order chi connectivity index (χ1) is 9.40. The van der Waals surface area contributed by atoms with Crippen molar-refractivity contribution in [2.75, 3.05) is 0 Å². The Balaban J connectivity index is 2.04. The minimum Gasteiger partial charge on any atom is -0.355 e. The van der Waals surface area contributed by atoms with Crippen LogP contribution in [0.3, 0.4) is 0 Å². The number of benzene rings is 1. The van der Waals surface area contributed by atoms with Crippen LogP contribution in [0.25, 0.3) is 23.1 Å². The summed E-state index contributed by atoms with van der Waals surface area (Å²) in [6, 6.07) is 8.52. The van der Waals surface area contributed by atoms with Gasteiger partial charge in [-0.25, -0.2) is 0 Å². The molecule has 1 aromatic carbocycles. The molecule has 0 saturated carbocycles. The summed E-state index contributed by atoms with van der Waals surface area (Å²) in [6.45, 7) is 0. The predicted octanol–water partition coefficient (Wildman–Crippen LogP) is 4.85. The van der Waals surface area contributed by atoms with E-state index in [1.807, 2.05) is 0 Å². The number of aromatic amines is 1. The highest BCUT2D eigenvalue weighted by molar-refractivity contribution is 5.94. The summed E-state index contributed by atoms with van der Waals surface area (Å²) in [5, 5.41) is 1.31. The number of para-hydroxylation sites is 1. The zero-order chi connectivity index (χ0) is 12.7. The number of hydrogen-bond donors (Lipinski definition) is 1. The molecule has 0 aliphatic heterocycles. The highest BCUT2D eigenvalue weighted by Gasteiger charge is 2.13. The third-order valence-electron chi connectivity index (χ3n) is 3.78. The quantitative estimate of drug-likeness (QED) is 0.682. The normalized spacial score (nSPS) is 20.6. The van der Waals surface area contributed by atoms with E-state index in [-0.39, 0.29) is 0 Å². The monoisotopic (exact) mass is 245 g/mol. The number of aromatic nitrogens is 1. The summed E-state index contributed by atoms with van der Waals surface area (Å²) in [4.78, 5) is 3.53. The Bertz CT molecular complexity index is 766. The first kappa shape index (κ1) is 10.6. The Hall–Kier alpha value is -2.28. The van der Waals surface area contributed by atoms with Crippen LogP contribution in [0.2, 0.25) is 0 Å². The van der Waals surface area contributed by atoms with Crippen molar-refractivity contribution in [3.8, 4) is 0 Å². The van der Waals surface area contributed by atoms with Crippen LogP contribution in [0, 0.1) is 0 Å². The van der Waals surface area contributed by atoms with Crippen LogP contribution < -0.4 is 0 Å². The van der Waals surface area contributed by atoms with Crippen molar-refractivity contribution < 1.29 is 0 Å². The Morgan fingerprint density at radius 3 is 2.58 bits per heavy atom. The molecule has 1 aromatic heterocycles. The molecule has 4 rings (SSSR count). The second-order valence-electron chi connectivity index (χ2n) is 5.15. The maximum atomic E-state index is 3.53. The Labute approximate surface area is 112 Å². The van der Waals surface area contributed by atoms with Crippen LogP contribution in [0.5, 0.6) is 0 Å². The zero-order valence-corrected chi connectivity index (χ0v) is 10.7. The fourth-order valence-corrected chi connectivity index (χ4v) is 2.89. The molecule has 1 heteroatoms. The molecule has 2 aliphatic carbocycles. The molecule has 19 heavy (non-hydrogen) atoms. The molecule has 1 nitrogen and oxygen atoms in total. The molecule has 1 heterocycles. The molecule has 0 radical (unpaired) electrons. The van der Waals surface area contributed by atoms with Crippen molar-refractivity contribution in [3.63, 3.8) is 0 Å². The highest BCUT2D eigenvalue weighted by Crippen LogP contribution is 2.32. The molecular weight excluding hydrogens is 230 g/mol. The van der Waals surface area contributed by atoms with Crippen LogP contribution in [0.15, 0.2) is 59.7 Å². The number of nitrogens with one attached hydrogen (secondary N) is 1. The Morgan fingerprint density at radius 2 is 1.68 bits per heavy atom. The Kier molecular flexibility index (Phi) is 2.31. The van der Waals surface area contributed by atoms with E-state index in [9.17, 15) is 0 Å². The second kappa shape index (κ2) is 4.13. The van der Waals surface area contributed by atoms with E-state index in [2.05, 4.69) is 65.7 Å². The second-order valence-corrected chi connectivity index (χ2v) is 5.15. The third kappa shape index (κ3) is 1.78. The fourth-order valence-electron chi connectivity index (χ4n) is 2.89. The molecular formula is C18H15N. The van der Waals surface area contributed by atoms with Crippen LogP contribution in [-0.4, -0.2) is 4.98 Å². The fraction of sp³-hybridized carbons (Fsp3) is 0.111. The van der Waals surface area contributed by atoms with Gasteiger partial charge >= 0.3 is 0 Å². The topological polar surface area (TPSA) is 15.8 Å². The van der Waals surface area contributed by atoms with Crippen molar-refractivity contribution in [2.45, 2.75) is 12.8 Å². The number of hydrogen-bond acceptors (Lipinski definition) is 0. The van der Waals surface area contributed by atoms with Gasteiger partial charge in [0.25, 0.3) is 0 Å². The van der Waals surface area contributed by atoms with Crippen LogP contribution in [0.1, 0.15) is 24.1 Å². The summed E-state index contributed by atoms with van der Waals surface area (Å²) in [5.41, 5.74) is 6.53. The molecule has 0 atom stereocenters. The van der Waals surface area contributed by atoms with Crippen molar-refractivity contribution in [1.82, 2.24) is 4.98 Å². The third-order valence-corrected chi connectivity index (χ3v) is 3.78. The van der Waals surface area contributed by atoms with Gasteiger partial charge in [-0.15, -0.1) is 0 Å². The van der Waals surface area contributed by atoms with E-state index in [0.29, 0.717) is 0 Å². The summed E-state index contributed by atoms with van der Waals surface area (Å²) in [5.74, 6) is 0. The minimum atomic E-state index is 1.02. The summed E-state index contributed by atoms with van der Waals surface area (Å²) >= 11 is 0. The van der Waals surface area contributed by atoms with Crippen LogP contribution in [0.4, 0.5) is 0 Å². The molecule has 92 valence electrons. The lowest BCUT2D eigenvalue weighted by atomic mass is 10.0. The van der Waals surface area contributed by atoms with Gasteiger partial charge in [0.1, 0.15) is 0 Å². The van der Waals surface area contributed by atoms with Gasteiger partial charge in [0.05, 0.1) is 0 Å². The van der Waals surface area contributed by atoms with Gasteiger partial charge in [-0.1, -0.05) is 42.5 Å². The van der Waals surface area contributed by atoms with Gasteiger partial charge in [0.2, 0.25) is 0 Å². The van der Waals surface area contributed by atoms with E-state index in [1.165, 1.54) is 33.3 Å². The maximum Gasteiger partial charge on any atom is 0.0467 e. The van der Waals surface area contributed by atoms with Gasteiger partial charge in [-0.05, 0) is 42.2 Å². The zero-order valence-electron chi connectivity index (χ0n) is 10.7. The van der Waals surface area contributed by atoms with E-state index in [1.54, 1.807) is 0 Å². The van der Waals surface area contributed by atoms with Crippen molar-refractivity contribution in [1.29, 1.82) is 0 Å². The molecule has 0 saturated heterocycles.